The van der Waals surface area contributed by atoms with E-state index in [1.807, 2.05) is 0 Å². The van der Waals surface area contributed by atoms with Gasteiger partial charge in [-0.15, -0.1) is 0 Å². The molecule has 0 fully saturated rings. The molecule has 4 aromatic rings. The summed E-state index contributed by atoms with van der Waals surface area (Å²) in [6.07, 6.45) is 5.76. The molecule has 12 heteroatoms. The minimum Gasteiger partial charge on any atom is -0.502 e. The number of carbonyl (C=O) groups excluding carboxylic acids is 1. The number of anilines is 5. The summed E-state index contributed by atoms with van der Waals surface area (Å²) >= 11 is 0. The summed E-state index contributed by atoms with van der Waals surface area (Å²) in [5, 5.41) is 22.4. The first-order chi connectivity index (χ1) is 17.3. The third-order valence-electron chi connectivity index (χ3n) is 4.98. The number of aromatic hydroxyl groups is 1. The zero-order valence-corrected chi connectivity index (χ0v) is 19.2. The summed E-state index contributed by atoms with van der Waals surface area (Å²) in [4.78, 5) is 20.4. The van der Waals surface area contributed by atoms with Crippen LogP contribution in [0.25, 0.3) is 11.1 Å². The van der Waals surface area contributed by atoms with E-state index < -0.39 is 23.3 Å². The number of phenolic OH excluding ortho intramolecular Hbond substituents is 1. The molecule has 0 aliphatic rings. The smallest absolute Gasteiger partial charge is 0.247 e. The van der Waals surface area contributed by atoms with Gasteiger partial charge in [0, 0.05) is 30.7 Å². The lowest BCUT2D eigenvalue weighted by atomic mass is 10.1. The van der Waals surface area contributed by atoms with E-state index in [0.717, 1.165) is 12.1 Å². The number of rotatable bonds is 8. The summed E-state index contributed by atoms with van der Waals surface area (Å²) in [7, 11) is 3.03. The molecule has 2 heterocycles. The zero-order chi connectivity index (χ0) is 25.8. The molecule has 0 saturated heterocycles. The molecular weight excluding hydrogens is 472 g/mol. The van der Waals surface area contributed by atoms with Crippen LogP contribution in [-0.4, -0.2) is 37.9 Å². The van der Waals surface area contributed by atoms with Crippen molar-refractivity contribution in [2.24, 2.45) is 7.05 Å². The predicted molar refractivity (Wildman–Crippen MR) is 131 cm³/mol. The maximum atomic E-state index is 14.7. The Bertz CT molecular complexity index is 1460. The van der Waals surface area contributed by atoms with E-state index >= 15 is 0 Å². The monoisotopic (exact) mass is 493 g/mol. The Morgan fingerprint density at radius 3 is 2.64 bits per heavy atom. The normalized spacial score (nSPS) is 10.6. The van der Waals surface area contributed by atoms with Crippen LogP contribution in [-0.2, 0) is 11.8 Å². The molecule has 4 rings (SSSR count). The number of methoxy groups -OCH3 is 1. The van der Waals surface area contributed by atoms with Crippen molar-refractivity contribution in [3.63, 3.8) is 0 Å². The van der Waals surface area contributed by atoms with Gasteiger partial charge in [-0.25, -0.2) is 13.8 Å². The number of aryl methyl sites for hydroxylation is 1. The number of aromatic nitrogens is 4. The second kappa shape index (κ2) is 10.1. The Labute approximate surface area is 204 Å². The number of hydrogen-bond acceptors (Lipinski definition) is 8. The highest BCUT2D eigenvalue weighted by atomic mass is 19.1. The molecular formula is C24H21F2N7O3. The van der Waals surface area contributed by atoms with E-state index in [-0.39, 0.29) is 34.3 Å². The minimum atomic E-state index is -0.923. The quantitative estimate of drug-likeness (QED) is 0.265. The van der Waals surface area contributed by atoms with Crippen LogP contribution in [0, 0.1) is 11.6 Å². The van der Waals surface area contributed by atoms with Gasteiger partial charge >= 0.3 is 0 Å². The molecule has 0 saturated carbocycles. The Kier molecular flexibility index (Phi) is 6.77. The predicted octanol–water partition coefficient (Wildman–Crippen LogP) is 4.48. The second-order valence-corrected chi connectivity index (χ2v) is 7.51. The van der Waals surface area contributed by atoms with Gasteiger partial charge in [-0.2, -0.15) is 10.1 Å². The number of amides is 1. The molecule has 0 spiro atoms. The standard InChI is InChI=1S/C24H21F2N7O3/c1-4-21(34)29-14-5-6-17(25)19(9-14)31-23-16(13-7-18(26)22(35)20(8-13)36-3)11-27-24(32-23)30-15-10-28-33(2)12-15/h4-12,35H,1H2,2-3H3,(H,29,34)(H2,27,30,31,32). The van der Waals surface area contributed by atoms with Crippen LogP contribution in [0.4, 0.5) is 37.6 Å². The van der Waals surface area contributed by atoms with Gasteiger partial charge < -0.3 is 25.8 Å². The van der Waals surface area contributed by atoms with E-state index in [0.29, 0.717) is 11.4 Å². The van der Waals surface area contributed by atoms with Gasteiger partial charge in [-0.1, -0.05) is 6.58 Å². The maximum absolute atomic E-state index is 14.7. The number of phenols is 1. The molecule has 184 valence electrons. The van der Waals surface area contributed by atoms with E-state index in [1.54, 1.807) is 24.1 Å². The lowest BCUT2D eigenvalue weighted by Gasteiger charge is -2.15. The zero-order valence-electron chi connectivity index (χ0n) is 19.2. The molecule has 0 unspecified atom stereocenters. The van der Waals surface area contributed by atoms with Crippen molar-refractivity contribution in [1.29, 1.82) is 0 Å². The van der Waals surface area contributed by atoms with Gasteiger partial charge in [0.1, 0.15) is 11.6 Å². The molecule has 2 aromatic heterocycles. The number of nitrogens with one attached hydrogen (secondary N) is 3. The van der Waals surface area contributed by atoms with Gasteiger partial charge in [-0.3, -0.25) is 9.48 Å². The number of halogens is 2. The fourth-order valence-electron chi connectivity index (χ4n) is 3.27. The van der Waals surface area contributed by atoms with Crippen LogP contribution in [0.5, 0.6) is 11.5 Å². The third kappa shape index (κ3) is 5.22. The molecule has 0 radical (unpaired) electrons. The molecule has 4 N–H and O–H groups in total. The molecule has 0 aliphatic carbocycles. The van der Waals surface area contributed by atoms with E-state index in [9.17, 15) is 18.7 Å². The number of carbonyl (C=O) groups is 1. The number of benzene rings is 2. The summed E-state index contributed by atoms with van der Waals surface area (Å²) in [5.41, 5.74) is 1.44. The SMILES string of the molecule is C=CC(=O)Nc1ccc(F)c(Nc2nc(Nc3cnn(C)c3)ncc2-c2cc(F)c(O)c(OC)c2)c1. The van der Waals surface area contributed by atoms with Crippen molar-refractivity contribution in [2.75, 3.05) is 23.1 Å². The van der Waals surface area contributed by atoms with Crippen LogP contribution in [0.15, 0.2) is 61.6 Å². The molecule has 0 aliphatic heterocycles. The van der Waals surface area contributed by atoms with E-state index in [1.165, 1.54) is 37.6 Å². The topological polar surface area (TPSA) is 126 Å². The van der Waals surface area contributed by atoms with Gasteiger partial charge in [0.25, 0.3) is 0 Å². The maximum Gasteiger partial charge on any atom is 0.247 e. The minimum absolute atomic E-state index is 0.0182. The molecule has 2 aromatic carbocycles. The van der Waals surface area contributed by atoms with E-state index in [2.05, 4.69) is 37.6 Å². The summed E-state index contributed by atoms with van der Waals surface area (Å²) in [6.45, 7) is 3.39. The summed E-state index contributed by atoms with van der Waals surface area (Å²) in [6, 6.07) is 6.40. The van der Waals surface area contributed by atoms with Crippen LogP contribution in [0.3, 0.4) is 0 Å². The van der Waals surface area contributed by atoms with Crippen LogP contribution < -0.4 is 20.7 Å². The van der Waals surface area contributed by atoms with Crippen molar-refractivity contribution < 1.29 is 23.4 Å². The summed E-state index contributed by atoms with van der Waals surface area (Å²) in [5.74, 6) is -2.52. The Morgan fingerprint density at radius 1 is 1.14 bits per heavy atom. The lowest BCUT2D eigenvalue weighted by molar-refractivity contribution is -0.111. The molecule has 36 heavy (non-hydrogen) atoms. The first kappa shape index (κ1) is 24.1. The second-order valence-electron chi connectivity index (χ2n) is 7.51. The number of ether oxygens (including phenoxy) is 1. The molecule has 0 atom stereocenters. The highest BCUT2D eigenvalue weighted by molar-refractivity contribution is 5.99. The fourth-order valence-corrected chi connectivity index (χ4v) is 3.27. The van der Waals surface area contributed by atoms with Crippen molar-refractivity contribution in [2.45, 2.75) is 0 Å². The van der Waals surface area contributed by atoms with Crippen molar-refractivity contribution in [1.82, 2.24) is 19.7 Å². The van der Waals surface area contributed by atoms with Crippen molar-refractivity contribution in [3.05, 3.63) is 73.2 Å². The fraction of sp³-hybridized carbons (Fsp3) is 0.0833. The highest BCUT2D eigenvalue weighted by Crippen LogP contribution is 2.38. The van der Waals surface area contributed by atoms with Gasteiger partial charge in [-0.05, 0) is 42.0 Å². The van der Waals surface area contributed by atoms with Gasteiger partial charge in [0.2, 0.25) is 11.9 Å². The molecule has 1 amide bonds. The highest BCUT2D eigenvalue weighted by Gasteiger charge is 2.17. The first-order valence-electron chi connectivity index (χ1n) is 10.5. The van der Waals surface area contributed by atoms with Gasteiger partial charge in [0.05, 0.1) is 24.7 Å². The Hall–Kier alpha value is -5.00. The molecule has 10 nitrogen and oxygen atoms in total. The van der Waals surface area contributed by atoms with Crippen LogP contribution in [0.1, 0.15) is 0 Å². The average molecular weight is 493 g/mol. The Balaban J connectivity index is 1.79. The van der Waals surface area contributed by atoms with Crippen molar-refractivity contribution in [3.8, 4) is 22.6 Å². The lowest BCUT2D eigenvalue weighted by Crippen LogP contribution is -2.08. The van der Waals surface area contributed by atoms with E-state index in [4.69, 9.17) is 4.74 Å². The average Bonchev–Trinajstić information content (AvgIpc) is 3.27. The number of nitrogens with zero attached hydrogens (tertiary/aromatic N) is 4. The summed E-state index contributed by atoms with van der Waals surface area (Å²) < 4.78 is 35.7. The van der Waals surface area contributed by atoms with Gasteiger partial charge in [0.15, 0.2) is 17.3 Å². The van der Waals surface area contributed by atoms with Crippen LogP contribution in [0.2, 0.25) is 0 Å². The van der Waals surface area contributed by atoms with Crippen molar-refractivity contribution >= 4 is 34.7 Å². The largest absolute Gasteiger partial charge is 0.502 e. The number of hydrogen-bond donors (Lipinski definition) is 4. The first-order valence-corrected chi connectivity index (χ1v) is 10.5. The van der Waals surface area contributed by atoms with Crippen LogP contribution >= 0.6 is 0 Å². The Morgan fingerprint density at radius 2 is 1.94 bits per heavy atom. The third-order valence-corrected chi connectivity index (χ3v) is 4.98. The molecule has 0 bridgehead atoms.